The fraction of sp³-hybridized carbons (Fsp3) is 0.912. The van der Waals surface area contributed by atoms with E-state index in [0.29, 0.717) is 25.9 Å². The van der Waals surface area contributed by atoms with Gasteiger partial charge in [0, 0.05) is 12.8 Å². The first-order valence-corrected chi connectivity index (χ1v) is 33.6. The van der Waals surface area contributed by atoms with Crippen LogP contribution in [-0.4, -0.2) is 47.4 Å². The molecular weight excluding hydrogens is 911 g/mol. The molecule has 0 saturated carbocycles. The molecule has 6 nitrogen and oxygen atoms in total. The minimum absolute atomic E-state index is 0.0103. The van der Waals surface area contributed by atoms with Crippen molar-refractivity contribution >= 4 is 11.9 Å². The van der Waals surface area contributed by atoms with Gasteiger partial charge in [0.25, 0.3) is 0 Å². The lowest BCUT2D eigenvalue weighted by Gasteiger charge is -2.22. The summed E-state index contributed by atoms with van der Waals surface area (Å²) in [5.41, 5.74) is 0. The number of carbonyl (C=O) groups excluding carboxylic acids is 2. The van der Waals surface area contributed by atoms with Crippen LogP contribution < -0.4 is 5.32 Å². The second kappa shape index (κ2) is 63.9. The Morgan fingerprint density at radius 2 is 0.676 bits per heavy atom. The zero-order chi connectivity index (χ0) is 53.6. The highest BCUT2D eigenvalue weighted by Gasteiger charge is 2.20. The van der Waals surface area contributed by atoms with E-state index >= 15 is 0 Å². The summed E-state index contributed by atoms with van der Waals surface area (Å²) in [7, 11) is 0. The second-order valence-electron chi connectivity index (χ2n) is 23.2. The molecule has 0 aliphatic rings. The zero-order valence-electron chi connectivity index (χ0n) is 50.1. The molecule has 2 atom stereocenters. The van der Waals surface area contributed by atoms with E-state index in [4.69, 9.17) is 4.74 Å². The molecule has 2 unspecified atom stereocenters. The number of rotatable bonds is 63. The fourth-order valence-corrected chi connectivity index (χ4v) is 10.6. The van der Waals surface area contributed by atoms with Crippen LogP contribution in [0.2, 0.25) is 0 Å². The summed E-state index contributed by atoms with van der Waals surface area (Å²) < 4.78 is 5.47. The molecule has 0 aliphatic carbocycles. The normalized spacial score (nSPS) is 12.6. The molecule has 0 spiro atoms. The third-order valence-corrected chi connectivity index (χ3v) is 15.8. The Kier molecular flexibility index (Phi) is 62.4. The Hall–Kier alpha value is -1.66. The summed E-state index contributed by atoms with van der Waals surface area (Å²) in [5, 5.41) is 23.4. The van der Waals surface area contributed by atoms with E-state index in [9.17, 15) is 19.8 Å². The number of esters is 1. The maximum Gasteiger partial charge on any atom is 0.305 e. The van der Waals surface area contributed by atoms with Crippen LogP contribution in [0.15, 0.2) is 24.3 Å². The second-order valence-corrected chi connectivity index (χ2v) is 23.2. The molecule has 0 rings (SSSR count). The van der Waals surface area contributed by atoms with Crippen molar-refractivity contribution in [3.63, 3.8) is 0 Å². The molecule has 0 aromatic heterocycles. The van der Waals surface area contributed by atoms with Crippen molar-refractivity contribution in [1.29, 1.82) is 0 Å². The van der Waals surface area contributed by atoms with Gasteiger partial charge in [-0.2, -0.15) is 0 Å². The third-order valence-electron chi connectivity index (χ3n) is 15.8. The average molecular weight is 1040 g/mol. The summed E-state index contributed by atoms with van der Waals surface area (Å²) in [5.74, 6) is -0.0270. The highest BCUT2D eigenvalue weighted by Crippen LogP contribution is 2.18. The number of allylic oxidation sites excluding steroid dienone is 4. The number of nitrogens with one attached hydrogen (secondary N) is 1. The summed E-state index contributed by atoms with van der Waals surface area (Å²) in [6.07, 6.45) is 79.2. The fourth-order valence-electron chi connectivity index (χ4n) is 10.6. The number of ether oxygens (including phenoxy) is 1. The molecule has 1 amide bonds. The first-order chi connectivity index (χ1) is 36.5. The molecule has 6 heteroatoms. The van der Waals surface area contributed by atoms with Gasteiger partial charge in [0.2, 0.25) is 5.91 Å². The number of hydrogen-bond acceptors (Lipinski definition) is 5. The minimum Gasteiger partial charge on any atom is -0.466 e. The molecular formula is C68H131NO5. The zero-order valence-corrected chi connectivity index (χ0v) is 50.1. The van der Waals surface area contributed by atoms with Crippen LogP contribution >= 0.6 is 0 Å². The molecule has 0 fully saturated rings. The number of hydrogen-bond donors (Lipinski definition) is 3. The Balaban J connectivity index is 3.43. The highest BCUT2D eigenvalue weighted by molar-refractivity contribution is 5.76. The van der Waals surface area contributed by atoms with Crippen LogP contribution in [0.1, 0.15) is 373 Å². The summed E-state index contributed by atoms with van der Waals surface area (Å²) >= 11 is 0. The van der Waals surface area contributed by atoms with Gasteiger partial charge in [0.05, 0.1) is 25.4 Å². The van der Waals surface area contributed by atoms with Gasteiger partial charge in [-0.05, 0) is 57.8 Å². The first kappa shape index (κ1) is 72.3. The molecule has 0 aromatic rings. The van der Waals surface area contributed by atoms with Gasteiger partial charge in [-0.15, -0.1) is 0 Å². The Labute approximate surface area is 462 Å². The number of amides is 1. The Morgan fingerprint density at radius 1 is 0.378 bits per heavy atom. The van der Waals surface area contributed by atoms with Crippen molar-refractivity contribution in [2.24, 2.45) is 0 Å². The van der Waals surface area contributed by atoms with Crippen molar-refractivity contribution in [3.8, 4) is 0 Å². The molecule has 0 radical (unpaired) electrons. The van der Waals surface area contributed by atoms with Crippen molar-refractivity contribution < 1.29 is 24.5 Å². The molecule has 438 valence electrons. The van der Waals surface area contributed by atoms with Crippen LogP contribution in [0.3, 0.4) is 0 Å². The van der Waals surface area contributed by atoms with E-state index < -0.39 is 12.1 Å². The molecule has 0 aliphatic heterocycles. The number of aliphatic hydroxyl groups excluding tert-OH is 2. The topological polar surface area (TPSA) is 95.9 Å². The monoisotopic (exact) mass is 1040 g/mol. The van der Waals surface area contributed by atoms with Gasteiger partial charge in [-0.1, -0.05) is 327 Å². The van der Waals surface area contributed by atoms with Gasteiger partial charge >= 0.3 is 5.97 Å². The van der Waals surface area contributed by atoms with E-state index in [1.807, 2.05) is 0 Å². The maximum atomic E-state index is 12.5. The smallest absolute Gasteiger partial charge is 0.305 e. The average Bonchev–Trinajstić information content (AvgIpc) is 3.40. The summed E-state index contributed by atoms with van der Waals surface area (Å²) in [6.45, 7) is 4.98. The third kappa shape index (κ3) is 59.6. The molecule has 74 heavy (non-hydrogen) atoms. The molecule has 3 N–H and O–H groups in total. The number of unbranched alkanes of at least 4 members (excludes halogenated alkanes) is 48. The van der Waals surface area contributed by atoms with Crippen LogP contribution in [0, 0.1) is 0 Å². The van der Waals surface area contributed by atoms with Crippen LogP contribution in [0.4, 0.5) is 0 Å². The van der Waals surface area contributed by atoms with Crippen LogP contribution in [0.5, 0.6) is 0 Å². The predicted octanol–water partition coefficient (Wildman–Crippen LogP) is 21.4. The van der Waals surface area contributed by atoms with Gasteiger partial charge < -0.3 is 20.3 Å². The van der Waals surface area contributed by atoms with E-state index in [2.05, 4.69) is 43.5 Å². The standard InChI is InChI=1S/C68H131NO5/c1-3-5-7-9-11-13-15-17-18-19-20-28-31-34-37-40-44-48-52-56-60-66(71)65(64-70)69-67(72)61-57-53-49-45-41-38-35-32-29-26-24-22-21-23-25-27-30-33-36-39-43-47-51-55-59-63-74-68(73)62-58-54-50-46-42-16-14-12-10-8-6-4-2/h22-25,65-66,70-71H,3-21,26-64H2,1-2H3,(H,69,72)/b24-22-,25-23-. The lowest BCUT2D eigenvalue weighted by Crippen LogP contribution is -2.45. The van der Waals surface area contributed by atoms with Gasteiger partial charge in [0.1, 0.15) is 0 Å². The van der Waals surface area contributed by atoms with E-state index in [1.54, 1.807) is 0 Å². The number of aliphatic hydroxyl groups is 2. The maximum absolute atomic E-state index is 12.5. The largest absolute Gasteiger partial charge is 0.466 e. The van der Waals surface area contributed by atoms with Crippen molar-refractivity contribution in [2.45, 2.75) is 386 Å². The first-order valence-electron chi connectivity index (χ1n) is 33.6. The molecule has 0 bridgehead atoms. The summed E-state index contributed by atoms with van der Waals surface area (Å²) in [6, 6.07) is -0.547. The van der Waals surface area contributed by atoms with Crippen molar-refractivity contribution in [1.82, 2.24) is 5.32 Å². The lowest BCUT2D eigenvalue weighted by molar-refractivity contribution is -0.143. The minimum atomic E-state index is -0.669. The van der Waals surface area contributed by atoms with Gasteiger partial charge in [0.15, 0.2) is 0 Å². The van der Waals surface area contributed by atoms with E-state index in [0.717, 1.165) is 44.9 Å². The lowest BCUT2D eigenvalue weighted by atomic mass is 10.0. The Morgan fingerprint density at radius 3 is 1.03 bits per heavy atom. The molecule has 0 saturated heterocycles. The van der Waals surface area contributed by atoms with Crippen molar-refractivity contribution in [2.75, 3.05) is 13.2 Å². The quantitative estimate of drug-likeness (QED) is 0.0320. The van der Waals surface area contributed by atoms with E-state index in [1.165, 1.54) is 295 Å². The highest BCUT2D eigenvalue weighted by atomic mass is 16.5. The Bertz CT molecular complexity index is 1150. The molecule has 0 aromatic carbocycles. The van der Waals surface area contributed by atoms with Gasteiger partial charge in [-0.3, -0.25) is 9.59 Å². The summed E-state index contributed by atoms with van der Waals surface area (Å²) in [4.78, 5) is 24.5. The van der Waals surface area contributed by atoms with Crippen LogP contribution in [0.25, 0.3) is 0 Å². The van der Waals surface area contributed by atoms with Gasteiger partial charge in [-0.25, -0.2) is 0 Å². The van der Waals surface area contributed by atoms with Crippen LogP contribution in [-0.2, 0) is 14.3 Å². The molecule has 0 heterocycles. The predicted molar refractivity (Wildman–Crippen MR) is 324 cm³/mol. The van der Waals surface area contributed by atoms with Crippen molar-refractivity contribution in [3.05, 3.63) is 24.3 Å². The van der Waals surface area contributed by atoms with E-state index in [-0.39, 0.29) is 18.5 Å². The number of carbonyl (C=O) groups is 2. The SMILES string of the molecule is CCCCCCCCCCCCCCCCCCCCCCC(O)C(CO)NC(=O)CCCCCCCCCCC/C=C\C/C=C\CCCCCCCCCCCOC(=O)CCCCCCCCCCCCCC.